The predicted octanol–water partition coefficient (Wildman–Crippen LogP) is 3.58. The van der Waals surface area contributed by atoms with Crippen molar-refractivity contribution in [2.45, 2.75) is 49.2 Å². The quantitative estimate of drug-likeness (QED) is 0.780. The Labute approximate surface area is 155 Å². The number of thioether (sulfide) groups is 1. The maximum Gasteiger partial charge on any atom is 0.242 e. The van der Waals surface area contributed by atoms with E-state index in [2.05, 4.69) is 5.32 Å². The standard InChI is InChI=1S/C18H28N2O3S2/c1-14(24-13-15-8-5-4-6-9-15)18(21)19-16-10-7-11-17(12-16)25(22,23)20(2)3/h7,10-12,14-15H,4-6,8-9,13H2,1-3H3,(H,19,21). The summed E-state index contributed by atoms with van der Waals surface area (Å²) in [7, 11) is -0.522. The molecular weight excluding hydrogens is 356 g/mol. The first kappa shape index (κ1) is 20.3. The molecule has 5 nitrogen and oxygen atoms in total. The highest BCUT2D eigenvalue weighted by Gasteiger charge is 2.20. The minimum atomic E-state index is -3.50. The van der Waals surface area contributed by atoms with Gasteiger partial charge in [-0.05, 0) is 49.6 Å². The fraction of sp³-hybridized carbons (Fsp3) is 0.611. The highest BCUT2D eigenvalue weighted by molar-refractivity contribution is 8.00. The second-order valence-electron chi connectivity index (χ2n) is 6.78. The zero-order valence-electron chi connectivity index (χ0n) is 15.2. The third-order valence-electron chi connectivity index (χ3n) is 4.56. The number of benzene rings is 1. The van der Waals surface area contributed by atoms with Crippen LogP contribution in [0.3, 0.4) is 0 Å². The van der Waals surface area contributed by atoms with Gasteiger partial charge in [0.2, 0.25) is 15.9 Å². The maximum absolute atomic E-state index is 12.4. The number of rotatable bonds is 7. The molecule has 1 amide bonds. The van der Waals surface area contributed by atoms with Crippen molar-refractivity contribution in [1.82, 2.24) is 4.31 Å². The Balaban J connectivity index is 1.93. The van der Waals surface area contributed by atoms with Crippen LogP contribution in [0.5, 0.6) is 0 Å². The summed E-state index contributed by atoms with van der Waals surface area (Å²) in [4.78, 5) is 12.6. The van der Waals surface area contributed by atoms with E-state index >= 15 is 0 Å². The normalized spacial score (nSPS) is 17.4. The molecule has 0 radical (unpaired) electrons. The number of hydrogen-bond acceptors (Lipinski definition) is 4. The van der Waals surface area contributed by atoms with E-state index in [-0.39, 0.29) is 16.1 Å². The summed E-state index contributed by atoms with van der Waals surface area (Å²) in [6.07, 6.45) is 6.48. The Morgan fingerprint density at radius 1 is 1.28 bits per heavy atom. The van der Waals surface area contributed by atoms with Crippen molar-refractivity contribution >= 4 is 33.4 Å². The van der Waals surface area contributed by atoms with Gasteiger partial charge in [-0.3, -0.25) is 4.79 Å². The van der Waals surface area contributed by atoms with Crippen LogP contribution in [0.4, 0.5) is 5.69 Å². The molecule has 0 aromatic heterocycles. The van der Waals surface area contributed by atoms with E-state index in [4.69, 9.17) is 0 Å². The lowest BCUT2D eigenvalue weighted by molar-refractivity contribution is -0.115. The minimum Gasteiger partial charge on any atom is -0.325 e. The zero-order chi connectivity index (χ0) is 18.4. The molecule has 1 N–H and O–H groups in total. The number of sulfonamides is 1. The predicted molar refractivity (Wildman–Crippen MR) is 104 cm³/mol. The summed E-state index contributed by atoms with van der Waals surface area (Å²) >= 11 is 1.69. The molecule has 2 rings (SSSR count). The number of anilines is 1. The Morgan fingerprint density at radius 3 is 2.60 bits per heavy atom. The average molecular weight is 385 g/mol. The van der Waals surface area contributed by atoms with Gasteiger partial charge >= 0.3 is 0 Å². The van der Waals surface area contributed by atoms with Crippen molar-refractivity contribution in [1.29, 1.82) is 0 Å². The lowest BCUT2D eigenvalue weighted by Crippen LogP contribution is -2.25. The highest BCUT2D eigenvalue weighted by atomic mass is 32.2. The molecule has 1 saturated carbocycles. The second kappa shape index (κ2) is 9.05. The molecule has 0 heterocycles. The van der Waals surface area contributed by atoms with E-state index in [1.807, 2.05) is 6.92 Å². The van der Waals surface area contributed by atoms with Crippen molar-refractivity contribution in [2.24, 2.45) is 5.92 Å². The van der Waals surface area contributed by atoms with Gasteiger partial charge in [-0.2, -0.15) is 0 Å². The number of carbonyl (C=O) groups excluding carboxylic acids is 1. The SMILES string of the molecule is CC(SCC1CCCCC1)C(=O)Nc1cccc(S(=O)(=O)N(C)C)c1. The lowest BCUT2D eigenvalue weighted by atomic mass is 9.91. The van der Waals surface area contributed by atoms with Crippen molar-refractivity contribution in [3.05, 3.63) is 24.3 Å². The van der Waals surface area contributed by atoms with E-state index in [9.17, 15) is 13.2 Å². The molecule has 0 spiro atoms. The minimum absolute atomic E-state index is 0.0831. The molecule has 1 aliphatic carbocycles. The molecule has 1 unspecified atom stereocenters. The fourth-order valence-corrected chi connectivity index (χ4v) is 4.95. The Bertz CT molecular complexity index is 683. The van der Waals surface area contributed by atoms with Gasteiger partial charge in [0.25, 0.3) is 0 Å². The summed E-state index contributed by atoms with van der Waals surface area (Å²) < 4.78 is 25.5. The average Bonchev–Trinajstić information content (AvgIpc) is 2.60. The smallest absolute Gasteiger partial charge is 0.242 e. The van der Waals surface area contributed by atoms with E-state index in [1.165, 1.54) is 58.3 Å². The van der Waals surface area contributed by atoms with Gasteiger partial charge in [-0.15, -0.1) is 11.8 Å². The van der Waals surface area contributed by atoms with E-state index < -0.39 is 10.0 Å². The Hall–Kier alpha value is -1.05. The summed E-state index contributed by atoms with van der Waals surface area (Å²) in [6.45, 7) is 1.91. The maximum atomic E-state index is 12.4. The van der Waals surface area contributed by atoms with Crippen molar-refractivity contribution in [3.63, 3.8) is 0 Å². The molecule has 1 fully saturated rings. The van der Waals surface area contributed by atoms with Gasteiger partial charge in [0.1, 0.15) is 0 Å². The van der Waals surface area contributed by atoms with Crippen LogP contribution >= 0.6 is 11.8 Å². The first-order chi connectivity index (χ1) is 11.8. The topological polar surface area (TPSA) is 66.5 Å². The molecule has 0 aliphatic heterocycles. The Kier molecular flexibility index (Phi) is 7.34. The van der Waals surface area contributed by atoms with Crippen LogP contribution in [0.25, 0.3) is 0 Å². The molecule has 1 aromatic carbocycles. The van der Waals surface area contributed by atoms with Crippen LogP contribution in [0.15, 0.2) is 29.2 Å². The molecule has 7 heteroatoms. The molecule has 1 atom stereocenters. The van der Waals surface area contributed by atoms with Crippen LogP contribution in [-0.2, 0) is 14.8 Å². The monoisotopic (exact) mass is 384 g/mol. The van der Waals surface area contributed by atoms with Gasteiger partial charge in [-0.1, -0.05) is 25.3 Å². The largest absolute Gasteiger partial charge is 0.325 e. The first-order valence-corrected chi connectivity index (χ1v) is 11.2. The number of nitrogens with one attached hydrogen (secondary N) is 1. The van der Waals surface area contributed by atoms with Gasteiger partial charge < -0.3 is 5.32 Å². The molecular formula is C18H28N2O3S2. The van der Waals surface area contributed by atoms with Crippen molar-refractivity contribution < 1.29 is 13.2 Å². The molecule has 25 heavy (non-hydrogen) atoms. The summed E-state index contributed by atoms with van der Waals surface area (Å²) in [5.74, 6) is 1.66. The molecule has 0 bridgehead atoms. The molecule has 140 valence electrons. The summed E-state index contributed by atoms with van der Waals surface area (Å²) in [5.41, 5.74) is 0.512. The number of nitrogens with zero attached hydrogens (tertiary/aromatic N) is 1. The van der Waals surface area contributed by atoms with Crippen LogP contribution in [-0.4, -0.2) is 43.7 Å². The number of amides is 1. The van der Waals surface area contributed by atoms with Gasteiger partial charge in [0, 0.05) is 19.8 Å². The van der Waals surface area contributed by atoms with Gasteiger partial charge in [0.05, 0.1) is 10.1 Å². The van der Waals surface area contributed by atoms with Gasteiger partial charge in [0.15, 0.2) is 0 Å². The van der Waals surface area contributed by atoms with Crippen molar-refractivity contribution in [2.75, 3.05) is 25.2 Å². The fourth-order valence-electron chi connectivity index (χ4n) is 2.90. The third-order valence-corrected chi connectivity index (χ3v) is 7.75. The molecule has 1 aromatic rings. The van der Waals surface area contributed by atoms with Crippen LogP contribution in [0, 0.1) is 5.92 Å². The number of carbonyl (C=O) groups is 1. The summed E-state index contributed by atoms with van der Waals surface area (Å²) in [6, 6.07) is 6.40. The van der Waals surface area contributed by atoms with E-state index in [0.717, 1.165) is 16.0 Å². The zero-order valence-corrected chi connectivity index (χ0v) is 16.8. The highest BCUT2D eigenvalue weighted by Crippen LogP contribution is 2.28. The first-order valence-electron chi connectivity index (χ1n) is 8.76. The van der Waals surface area contributed by atoms with E-state index in [0.29, 0.717) is 5.69 Å². The lowest BCUT2D eigenvalue weighted by Gasteiger charge is -2.22. The Morgan fingerprint density at radius 2 is 1.96 bits per heavy atom. The second-order valence-corrected chi connectivity index (χ2v) is 10.3. The van der Waals surface area contributed by atoms with Crippen LogP contribution in [0.1, 0.15) is 39.0 Å². The third kappa shape index (κ3) is 5.72. The van der Waals surface area contributed by atoms with Crippen LogP contribution in [0.2, 0.25) is 0 Å². The van der Waals surface area contributed by atoms with Gasteiger partial charge in [-0.25, -0.2) is 12.7 Å². The molecule has 1 aliphatic rings. The van der Waals surface area contributed by atoms with E-state index in [1.54, 1.807) is 23.9 Å². The van der Waals surface area contributed by atoms with Crippen LogP contribution < -0.4 is 5.32 Å². The number of hydrogen-bond donors (Lipinski definition) is 1. The van der Waals surface area contributed by atoms with Crippen molar-refractivity contribution in [3.8, 4) is 0 Å². The molecule has 0 saturated heterocycles. The summed E-state index contributed by atoms with van der Waals surface area (Å²) in [5, 5.41) is 2.68.